The van der Waals surface area contributed by atoms with Crippen LogP contribution in [0.4, 0.5) is 0 Å². The van der Waals surface area contributed by atoms with Gasteiger partial charge in [0.15, 0.2) is 11.4 Å². The fraction of sp³-hybridized carbons (Fsp3) is 0.312. The van der Waals surface area contributed by atoms with Crippen molar-refractivity contribution in [3.8, 4) is 0 Å². The Morgan fingerprint density at radius 1 is 1.08 bits per heavy atom. The minimum atomic E-state index is -0.673. The van der Waals surface area contributed by atoms with Gasteiger partial charge in [0.2, 0.25) is 0 Å². The van der Waals surface area contributed by atoms with Gasteiger partial charge in [-0.15, -0.1) is 0 Å². The van der Waals surface area contributed by atoms with Gasteiger partial charge in [0.05, 0.1) is 29.6 Å². The van der Waals surface area contributed by atoms with E-state index in [0.717, 1.165) is 5.56 Å². The lowest BCUT2D eigenvalue weighted by Crippen LogP contribution is -2.18. The van der Waals surface area contributed by atoms with E-state index in [9.17, 15) is 9.59 Å². The Balaban J connectivity index is 2.39. The predicted octanol–water partition coefficient (Wildman–Crippen LogP) is 3.59. The lowest BCUT2D eigenvalue weighted by atomic mass is 10.2. The molecule has 0 bridgehead atoms. The van der Waals surface area contributed by atoms with Gasteiger partial charge >= 0.3 is 11.9 Å². The molecule has 0 N–H and O–H groups in total. The first-order valence-corrected chi connectivity index (χ1v) is 8.06. The molecule has 1 heterocycles. The molecule has 0 aliphatic heterocycles. The Bertz CT molecular complexity index is 759. The molecule has 6 nitrogen and oxygen atoms in total. The van der Waals surface area contributed by atoms with Crippen LogP contribution in [0.5, 0.6) is 0 Å². The molecule has 0 amide bonds. The van der Waals surface area contributed by atoms with E-state index < -0.39 is 11.9 Å². The highest BCUT2D eigenvalue weighted by Gasteiger charge is 2.26. The molecule has 0 fully saturated rings. The van der Waals surface area contributed by atoms with E-state index in [1.54, 1.807) is 32.0 Å². The van der Waals surface area contributed by atoms with E-state index in [0.29, 0.717) is 10.0 Å². The molecule has 0 aliphatic rings. The molecule has 0 spiro atoms. The average molecular weight is 371 g/mol. The third-order valence-electron chi connectivity index (χ3n) is 3.11. The van der Waals surface area contributed by atoms with Crippen LogP contribution >= 0.6 is 23.2 Å². The van der Waals surface area contributed by atoms with E-state index in [1.807, 2.05) is 0 Å². The maximum atomic E-state index is 12.2. The summed E-state index contributed by atoms with van der Waals surface area (Å²) in [6.45, 7) is 3.99. The minimum Gasteiger partial charge on any atom is -0.461 e. The Morgan fingerprint density at radius 2 is 1.75 bits per heavy atom. The summed E-state index contributed by atoms with van der Waals surface area (Å²) in [5.74, 6) is -1.31. The van der Waals surface area contributed by atoms with Crippen molar-refractivity contribution in [1.29, 1.82) is 0 Å². The van der Waals surface area contributed by atoms with Crippen molar-refractivity contribution in [2.45, 2.75) is 20.4 Å². The number of imidazole rings is 1. The van der Waals surface area contributed by atoms with Crippen LogP contribution in [0.3, 0.4) is 0 Å². The molecule has 0 aliphatic carbocycles. The third-order valence-corrected chi connectivity index (χ3v) is 3.85. The van der Waals surface area contributed by atoms with Crippen LogP contribution in [0, 0.1) is 0 Å². The van der Waals surface area contributed by atoms with Crippen molar-refractivity contribution in [2.24, 2.45) is 0 Å². The Morgan fingerprint density at radius 3 is 2.38 bits per heavy atom. The van der Waals surface area contributed by atoms with Crippen LogP contribution in [0.25, 0.3) is 0 Å². The number of aromatic nitrogens is 2. The number of hydrogen-bond donors (Lipinski definition) is 0. The molecule has 2 aromatic rings. The number of carbonyl (C=O) groups is 2. The second-order valence-electron chi connectivity index (χ2n) is 4.76. The zero-order valence-electron chi connectivity index (χ0n) is 13.2. The Kier molecular flexibility index (Phi) is 6.23. The van der Waals surface area contributed by atoms with Gasteiger partial charge in [-0.1, -0.05) is 29.3 Å². The molecule has 2 rings (SSSR count). The van der Waals surface area contributed by atoms with E-state index >= 15 is 0 Å². The monoisotopic (exact) mass is 370 g/mol. The van der Waals surface area contributed by atoms with Gasteiger partial charge < -0.3 is 14.0 Å². The van der Waals surface area contributed by atoms with Crippen molar-refractivity contribution in [1.82, 2.24) is 9.55 Å². The normalized spacial score (nSPS) is 10.5. The highest BCUT2D eigenvalue weighted by molar-refractivity contribution is 6.42. The minimum absolute atomic E-state index is 0.0429. The summed E-state index contributed by atoms with van der Waals surface area (Å²) in [7, 11) is 0. The molecule has 0 atom stereocenters. The molecular weight excluding hydrogens is 355 g/mol. The fourth-order valence-electron chi connectivity index (χ4n) is 2.10. The highest BCUT2D eigenvalue weighted by atomic mass is 35.5. The summed E-state index contributed by atoms with van der Waals surface area (Å²) in [6.07, 6.45) is 1.39. The van der Waals surface area contributed by atoms with Crippen molar-refractivity contribution in [3.05, 3.63) is 51.5 Å². The smallest absolute Gasteiger partial charge is 0.359 e. The van der Waals surface area contributed by atoms with Crippen molar-refractivity contribution >= 4 is 35.1 Å². The van der Waals surface area contributed by atoms with Gasteiger partial charge in [0.25, 0.3) is 0 Å². The second-order valence-corrected chi connectivity index (χ2v) is 5.57. The SMILES string of the molecule is CCOC(=O)c1ncn(Cc2ccc(Cl)c(Cl)c2)c1C(=O)OCC. The van der Waals surface area contributed by atoms with Gasteiger partial charge in [-0.25, -0.2) is 14.6 Å². The van der Waals surface area contributed by atoms with E-state index in [2.05, 4.69) is 4.98 Å². The van der Waals surface area contributed by atoms with E-state index in [-0.39, 0.29) is 31.1 Å². The van der Waals surface area contributed by atoms with Crippen molar-refractivity contribution in [2.75, 3.05) is 13.2 Å². The van der Waals surface area contributed by atoms with Gasteiger partial charge in [0.1, 0.15) is 0 Å². The number of rotatable bonds is 6. The molecule has 1 aromatic carbocycles. The summed E-state index contributed by atoms with van der Waals surface area (Å²) in [5.41, 5.74) is 0.763. The quantitative estimate of drug-likeness (QED) is 0.726. The number of hydrogen-bond acceptors (Lipinski definition) is 5. The first-order chi connectivity index (χ1) is 11.5. The van der Waals surface area contributed by atoms with Crippen LogP contribution in [-0.2, 0) is 16.0 Å². The fourth-order valence-corrected chi connectivity index (χ4v) is 2.42. The second kappa shape index (κ2) is 8.17. The predicted molar refractivity (Wildman–Crippen MR) is 89.7 cm³/mol. The van der Waals surface area contributed by atoms with E-state index in [1.165, 1.54) is 10.9 Å². The molecule has 0 radical (unpaired) electrons. The Hall–Kier alpha value is -2.05. The lowest BCUT2D eigenvalue weighted by molar-refractivity contribution is 0.0467. The number of carbonyl (C=O) groups excluding carboxylic acids is 2. The highest BCUT2D eigenvalue weighted by Crippen LogP contribution is 2.23. The maximum Gasteiger partial charge on any atom is 0.359 e. The first kappa shape index (κ1) is 18.3. The summed E-state index contributed by atoms with van der Waals surface area (Å²) in [4.78, 5) is 28.2. The first-order valence-electron chi connectivity index (χ1n) is 7.31. The summed E-state index contributed by atoms with van der Waals surface area (Å²) in [6, 6.07) is 5.11. The van der Waals surface area contributed by atoms with Crippen LogP contribution in [0.1, 0.15) is 40.4 Å². The number of esters is 2. The topological polar surface area (TPSA) is 70.4 Å². The molecule has 8 heteroatoms. The lowest BCUT2D eigenvalue weighted by Gasteiger charge is -2.10. The van der Waals surface area contributed by atoms with Crippen LogP contribution in [-0.4, -0.2) is 34.7 Å². The zero-order chi connectivity index (χ0) is 17.7. The largest absolute Gasteiger partial charge is 0.461 e. The van der Waals surface area contributed by atoms with Gasteiger partial charge in [0, 0.05) is 6.54 Å². The molecule has 128 valence electrons. The van der Waals surface area contributed by atoms with Gasteiger partial charge in [-0.05, 0) is 31.5 Å². The molecule has 1 aromatic heterocycles. The van der Waals surface area contributed by atoms with Crippen molar-refractivity contribution < 1.29 is 19.1 Å². The average Bonchev–Trinajstić information content (AvgIpc) is 2.95. The van der Waals surface area contributed by atoms with Gasteiger partial charge in [-0.2, -0.15) is 0 Å². The molecule has 0 saturated carbocycles. The number of nitrogens with zero attached hydrogens (tertiary/aromatic N) is 2. The molecule has 0 unspecified atom stereocenters. The number of benzene rings is 1. The van der Waals surface area contributed by atoms with Crippen molar-refractivity contribution in [3.63, 3.8) is 0 Å². The molecular formula is C16H16Cl2N2O4. The number of ether oxygens (including phenoxy) is 2. The van der Waals surface area contributed by atoms with Crippen LogP contribution in [0.2, 0.25) is 10.0 Å². The van der Waals surface area contributed by atoms with Gasteiger partial charge in [-0.3, -0.25) is 0 Å². The molecule has 0 saturated heterocycles. The summed E-state index contributed by atoms with van der Waals surface area (Å²) in [5, 5.41) is 0.835. The standard InChI is InChI=1S/C16H16Cl2N2O4/c1-3-23-15(21)13-14(16(22)24-4-2)20(9-19-13)8-10-5-6-11(17)12(18)7-10/h5-7,9H,3-4,8H2,1-2H3. The maximum absolute atomic E-state index is 12.2. The summed E-state index contributed by atoms with van der Waals surface area (Å²) < 4.78 is 11.5. The summed E-state index contributed by atoms with van der Waals surface area (Å²) >= 11 is 11.9. The third kappa shape index (κ3) is 4.07. The van der Waals surface area contributed by atoms with E-state index in [4.69, 9.17) is 32.7 Å². The van der Waals surface area contributed by atoms with Crippen LogP contribution in [0.15, 0.2) is 24.5 Å². The van der Waals surface area contributed by atoms with Crippen LogP contribution < -0.4 is 0 Å². The number of halogens is 2. The Labute approximate surface area is 149 Å². The molecule has 24 heavy (non-hydrogen) atoms. The zero-order valence-corrected chi connectivity index (χ0v) is 14.7.